The Kier molecular flexibility index (Phi) is 4.45. The maximum atomic E-state index is 11.8. The highest BCUT2D eigenvalue weighted by molar-refractivity contribution is 5.83. The molecule has 0 radical (unpaired) electrons. The predicted octanol–water partition coefficient (Wildman–Crippen LogP) is 0.927. The number of Topliss-reactive ketones (excluding diaryl/α,β-unsaturated/α-hetero) is 1. The minimum atomic E-state index is -4.31. The summed E-state index contributed by atoms with van der Waals surface area (Å²) in [5.74, 6) is -0.367. The lowest BCUT2D eigenvalue weighted by Crippen LogP contribution is -2.33. The minimum Gasteiger partial charge on any atom is -0.398 e. The molecule has 0 aliphatic heterocycles. The van der Waals surface area contributed by atoms with Crippen molar-refractivity contribution < 1.29 is 18.0 Å². The van der Waals surface area contributed by atoms with Crippen molar-refractivity contribution in [2.24, 2.45) is 0 Å². The van der Waals surface area contributed by atoms with Gasteiger partial charge in [0.2, 0.25) is 0 Å². The molecule has 0 saturated carbocycles. The van der Waals surface area contributed by atoms with Crippen LogP contribution in [-0.4, -0.2) is 30.0 Å². The monoisotopic (exact) mass is 247 g/mol. The zero-order valence-electron chi connectivity index (χ0n) is 8.92. The van der Waals surface area contributed by atoms with Gasteiger partial charge < -0.3 is 11.1 Å². The smallest absolute Gasteiger partial charge is 0.398 e. The summed E-state index contributed by atoms with van der Waals surface area (Å²) in [5.41, 5.74) is 6.50. The number of alkyl halides is 3. The molecule has 0 unspecified atom stereocenters. The highest BCUT2D eigenvalue weighted by Gasteiger charge is 2.26. The van der Waals surface area contributed by atoms with E-state index in [0.717, 1.165) is 0 Å². The third-order valence-electron chi connectivity index (χ3n) is 1.98. The van der Waals surface area contributed by atoms with Crippen molar-refractivity contribution in [3.05, 3.63) is 24.0 Å². The summed E-state index contributed by atoms with van der Waals surface area (Å²) < 4.78 is 35.4. The first-order valence-electron chi connectivity index (χ1n) is 4.86. The summed E-state index contributed by atoms with van der Waals surface area (Å²) in [5, 5.41) is 2.03. The van der Waals surface area contributed by atoms with E-state index in [0.29, 0.717) is 11.3 Å². The van der Waals surface area contributed by atoms with Gasteiger partial charge in [-0.2, -0.15) is 13.2 Å². The van der Waals surface area contributed by atoms with Crippen LogP contribution in [0.4, 0.5) is 18.9 Å². The minimum absolute atomic E-state index is 0.0233. The van der Waals surface area contributed by atoms with E-state index < -0.39 is 12.7 Å². The highest BCUT2D eigenvalue weighted by atomic mass is 19.4. The summed E-state index contributed by atoms with van der Waals surface area (Å²) in [4.78, 5) is 15.1. The van der Waals surface area contributed by atoms with Crippen LogP contribution in [0.2, 0.25) is 0 Å². The SMILES string of the molecule is Nc1ccncc1CC(=O)CNCC(F)(F)F. The fourth-order valence-corrected chi connectivity index (χ4v) is 1.20. The van der Waals surface area contributed by atoms with Crippen LogP contribution in [-0.2, 0) is 11.2 Å². The molecule has 0 aliphatic rings. The van der Waals surface area contributed by atoms with Crippen molar-refractivity contribution in [1.82, 2.24) is 10.3 Å². The second-order valence-electron chi connectivity index (χ2n) is 3.51. The first kappa shape index (κ1) is 13.4. The zero-order valence-corrected chi connectivity index (χ0v) is 8.92. The Morgan fingerprint density at radius 2 is 2.18 bits per heavy atom. The van der Waals surface area contributed by atoms with Gasteiger partial charge in [-0.1, -0.05) is 0 Å². The molecule has 17 heavy (non-hydrogen) atoms. The Balaban J connectivity index is 2.38. The number of hydrogen-bond donors (Lipinski definition) is 2. The van der Waals surface area contributed by atoms with Crippen molar-refractivity contribution in [1.29, 1.82) is 0 Å². The number of nitrogens with two attached hydrogens (primary N) is 1. The molecular weight excluding hydrogens is 235 g/mol. The van der Waals surface area contributed by atoms with Crippen molar-refractivity contribution >= 4 is 11.5 Å². The maximum absolute atomic E-state index is 11.8. The number of nitrogen functional groups attached to an aromatic ring is 1. The molecule has 4 nitrogen and oxygen atoms in total. The van der Waals surface area contributed by atoms with Crippen LogP contribution >= 0.6 is 0 Å². The van der Waals surface area contributed by atoms with Gasteiger partial charge in [-0.15, -0.1) is 0 Å². The molecule has 7 heteroatoms. The Morgan fingerprint density at radius 3 is 2.76 bits per heavy atom. The molecule has 1 rings (SSSR count). The lowest BCUT2D eigenvalue weighted by Gasteiger charge is -2.08. The Hall–Kier alpha value is -1.63. The molecule has 0 amide bonds. The van der Waals surface area contributed by atoms with Gasteiger partial charge in [-0.3, -0.25) is 9.78 Å². The van der Waals surface area contributed by atoms with Crippen LogP contribution in [0, 0.1) is 0 Å². The Morgan fingerprint density at radius 1 is 1.47 bits per heavy atom. The first-order chi connectivity index (χ1) is 7.88. The number of halogens is 3. The van der Waals surface area contributed by atoms with Crippen LogP contribution in [0.1, 0.15) is 5.56 Å². The van der Waals surface area contributed by atoms with Crippen LogP contribution in [0.15, 0.2) is 18.5 Å². The third-order valence-corrected chi connectivity index (χ3v) is 1.98. The highest BCUT2D eigenvalue weighted by Crippen LogP contribution is 2.12. The molecule has 94 valence electrons. The predicted molar refractivity (Wildman–Crippen MR) is 56.3 cm³/mol. The van der Waals surface area contributed by atoms with Crippen LogP contribution in [0.5, 0.6) is 0 Å². The van der Waals surface area contributed by atoms with Gasteiger partial charge in [-0.05, 0) is 6.07 Å². The average Bonchev–Trinajstić information content (AvgIpc) is 2.19. The number of anilines is 1. The van der Waals surface area contributed by atoms with Crippen molar-refractivity contribution in [3.8, 4) is 0 Å². The summed E-state index contributed by atoms with van der Waals surface area (Å²) in [6, 6.07) is 1.53. The standard InChI is InChI=1S/C10H12F3N3O/c11-10(12,13)6-16-5-8(17)3-7-4-15-2-1-9(7)14/h1-2,4,16H,3,5-6H2,(H2,14,15). The molecule has 0 atom stereocenters. The van der Waals surface area contributed by atoms with Gasteiger partial charge in [0.1, 0.15) is 0 Å². The molecule has 0 spiro atoms. The number of ketones is 1. The number of nitrogens with zero attached hydrogens (tertiary/aromatic N) is 1. The zero-order chi connectivity index (χ0) is 12.9. The van der Waals surface area contributed by atoms with E-state index in [1.165, 1.54) is 18.5 Å². The van der Waals surface area contributed by atoms with Crippen LogP contribution in [0.3, 0.4) is 0 Å². The second-order valence-corrected chi connectivity index (χ2v) is 3.51. The Labute approximate surface area is 96.0 Å². The van der Waals surface area contributed by atoms with E-state index in [1.54, 1.807) is 0 Å². The van der Waals surface area contributed by atoms with Gasteiger partial charge in [0.05, 0.1) is 13.1 Å². The molecule has 0 fully saturated rings. The lowest BCUT2D eigenvalue weighted by molar-refractivity contribution is -0.127. The van der Waals surface area contributed by atoms with Gasteiger partial charge in [0.25, 0.3) is 0 Å². The molecule has 0 aromatic carbocycles. The number of rotatable bonds is 5. The van der Waals surface area contributed by atoms with E-state index in [1.807, 2.05) is 5.32 Å². The van der Waals surface area contributed by atoms with Gasteiger partial charge in [-0.25, -0.2) is 0 Å². The number of carbonyl (C=O) groups excluding carboxylic acids is 1. The van der Waals surface area contributed by atoms with E-state index in [-0.39, 0.29) is 18.7 Å². The molecule has 0 saturated heterocycles. The summed E-state index contributed by atoms with van der Waals surface area (Å²) >= 11 is 0. The number of carbonyl (C=O) groups is 1. The van der Waals surface area contributed by atoms with Gasteiger partial charge >= 0.3 is 6.18 Å². The summed E-state index contributed by atoms with van der Waals surface area (Å²) in [6.07, 6.45) is -1.43. The van der Waals surface area contributed by atoms with E-state index in [4.69, 9.17) is 5.73 Å². The van der Waals surface area contributed by atoms with E-state index in [9.17, 15) is 18.0 Å². The normalized spacial score (nSPS) is 11.5. The number of hydrogen-bond acceptors (Lipinski definition) is 4. The van der Waals surface area contributed by atoms with Gasteiger partial charge in [0.15, 0.2) is 5.78 Å². The average molecular weight is 247 g/mol. The Bertz CT molecular complexity index is 393. The number of nitrogens with one attached hydrogen (secondary N) is 1. The van der Waals surface area contributed by atoms with Crippen LogP contribution in [0.25, 0.3) is 0 Å². The molecule has 3 N–H and O–H groups in total. The molecule has 1 aromatic heterocycles. The molecule has 1 aromatic rings. The lowest BCUT2D eigenvalue weighted by atomic mass is 10.1. The molecule has 0 aliphatic carbocycles. The summed E-state index contributed by atoms with van der Waals surface area (Å²) in [6.45, 7) is -1.52. The number of aromatic nitrogens is 1. The van der Waals surface area contributed by atoms with E-state index in [2.05, 4.69) is 4.98 Å². The van der Waals surface area contributed by atoms with Crippen molar-refractivity contribution in [2.45, 2.75) is 12.6 Å². The first-order valence-corrected chi connectivity index (χ1v) is 4.86. The van der Waals surface area contributed by atoms with E-state index >= 15 is 0 Å². The van der Waals surface area contributed by atoms with Gasteiger partial charge in [0, 0.05) is 30.1 Å². The number of pyridine rings is 1. The maximum Gasteiger partial charge on any atom is 0.401 e. The fourth-order valence-electron chi connectivity index (χ4n) is 1.20. The largest absolute Gasteiger partial charge is 0.401 e. The second kappa shape index (κ2) is 5.62. The van der Waals surface area contributed by atoms with Crippen molar-refractivity contribution in [2.75, 3.05) is 18.8 Å². The summed E-state index contributed by atoms with van der Waals surface area (Å²) in [7, 11) is 0. The topological polar surface area (TPSA) is 68.0 Å². The van der Waals surface area contributed by atoms with Crippen LogP contribution < -0.4 is 11.1 Å². The third kappa shape index (κ3) is 5.30. The molecule has 1 heterocycles. The van der Waals surface area contributed by atoms with Crippen molar-refractivity contribution in [3.63, 3.8) is 0 Å². The molecule has 0 bridgehead atoms. The fraction of sp³-hybridized carbons (Fsp3) is 0.400. The quantitative estimate of drug-likeness (QED) is 0.812. The molecular formula is C10H12F3N3O.